The molecule has 0 aliphatic heterocycles. The molecule has 0 atom stereocenters. The number of nitrogens with one attached hydrogen (secondary N) is 1. The third-order valence-corrected chi connectivity index (χ3v) is 5.39. The molecule has 4 aromatic rings. The maximum absolute atomic E-state index is 13.1. The first-order chi connectivity index (χ1) is 14.2. The fraction of sp³-hybridized carbons (Fsp3) is 0.0500. The number of fused-ring (bicyclic) bond motifs is 1. The molecule has 0 fully saturated rings. The number of nitrogens with zero attached hydrogens (tertiary/aromatic N) is 2. The second-order valence-electron chi connectivity index (χ2n) is 6.28. The van der Waals surface area contributed by atoms with Crippen LogP contribution >= 0.6 is 11.3 Å². The molecule has 0 saturated carbocycles. The number of halogens is 4. The first kappa shape index (κ1) is 19.8. The van der Waals surface area contributed by atoms with E-state index in [0.29, 0.717) is 27.7 Å². The van der Waals surface area contributed by atoms with Gasteiger partial charge in [-0.3, -0.25) is 4.79 Å². The largest absolute Gasteiger partial charge is 0.417 e. The van der Waals surface area contributed by atoms with Crippen molar-refractivity contribution in [1.29, 1.82) is 0 Å². The highest BCUT2D eigenvalue weighted by Crippen LogP contribution is 2.35. The highest BCUT2D eigenvalue weighted by atomic mass is 32.1. The summed E-state index contributed by atoms with van der Waals surface area (Å²) in [5.74, 6) is -1.01. The van der Waals surface area contributed by atoms with Gasteiger partial charge in [0.2, 0.25) is 0 Å². The summed E-state index contributed by atoms with van der Waals surface area (Å²) in [5, 5.41) is 3.00. The van der Waals surface area contributed by atoms with Crippen molar-refractivity contribution in [2.45, 2.75) is 6.18 Å². The average Bonchev–Trinajstić information content (AvgIpc) is 3.04. The zero-order valence-electron chi connectivity index (χ0n) is 15.0. The monoisotopic (exact) mass is 432 g/mol. The summed E-state index contributed by atoms with van der Waals surface area (Å²) in [6.07, 6.45) is -3.88. The lowest BCUT2D eigenvalue weighted by atomic mass is 10.1. The quantitative estimate of drug-likeness (QED) is 0.428. The Hall–Kier alpha value is -3.53. The third-order valence-electron chi connectivity index (χ3n) is 4.27. The van der Waals surface area contributed by atoms with E-state index in [2.05, 4.69) is 15.3 Å². The molecular weight excluding hydrogens is 420 g/mol. The number of thiophene rings is 1. The number of anilines is 2. The molecule has 0 unspecified atom stereocenters. The van der Waals surface area contributed by atoms with Gasteiger partial charge in [-0.05, 0) is 48.5 Å². The van der Waals surface area contributed by atoms with Crippen molar-refractivity contribution >= 4 is 39.0 Å². The number of aromatic nitrogens is 2. The molecule has 0 radical (unpaired) electrons. The standard InChI is InChI=1S/C20H12F4N4OS/c21-12-4-1-10(2-5-12)14-7-6-13-16(25)17(30-19(13)27-14)18(29)28-15-8-3-11(9-26-15)20(22,23)24/h1-9H,25H2,(H,26,28,29). The Labute approximate surface area is 171 Å². The van der Waals surface area contributed by atoms with Gasteiger partial charge in [0.1, 0.15) is 21.3 Å². The smallest absolute Gasteiger partial charge is 0.397 e. The van der Waals surface area contributed by atoms with Gasteiger partial charge < -0.3 is 11.1 Å². The van der Waals surface area contributed by atoms with Gasteiger partial charge in [-0.2, -0.15) is 13.2 Å². The van der Waals surface area contributed by atoms with E-state index in [4.69, 9.17) is 5.73 Å². The normalized spacial score (nSPS) is 11.6. The van der Waals surface area contributed by atoms with Gasteiger partial charge in [0, 0.05) is 17.1 Å². The maximum Gasteiger partial charge on any atom is 0.417 e. The highest BCUT2D eigenvalue weighted by molar-refractivity contribution is 7.21. The molecule has 0 bridgehead atoms. The maximum atomic E-state index is 13.1. The Bertz CT molecular complexity index is 1230. The number of carbonyl (C=O) groups excluding carboxylic acids is 1. The second kappa shape index (κ2) is 7.38. The Morgan fingerprint density at radius 1 is 1.03 bits per heavy atom. The summed E-state index contributed by atoms with van der Waals surface area (Å²) in [5.41, 5.74) is 6.65. The number of nitrogens with two attached hydrogens (primary N) is 1. The minimum atomic E-state index is -4.51. The number of pyridine rings is 2. The Balaban J connectivity index is 1.61. The lowest BCUT2D eigenvalue weighted by Crippen LogP contribution is -2.13. The van der Waals surface area contributed by atoms with E-state index in [1.807, 2.05) is 0 Å². The van der Waals surface area contributed by atoms with Crippen LogP contribution in [-0.4, -0.2) is 15.9 Å². The molecule has 1 amide bonds. The van der Waals surface area contributed by atoms with Crippen molar-refractivity contribution in [2.24, 2.45) is 0 Å². The van der Waals surface area contributed by atoms with E-state index in [-0.39, 0.29) is 22.2 Å². The molecule has 152 valence electrons. The average molecular weight is 432 g/mol. The van der Waals surface area contributed by atoms with Crippen LogP contribution in [0.4, 0.5) is 29.1 Å². The Kier molecular flexibility index (Phi) is 4.86. The van der Waals surface area contributed by atoms with Gasteiger partial charge in [-0.25, -0.2) is 14.4 Å². The number of hydrogen-bond acceptors (Lipinski definition) is 5. The summed E-state index contributed by atoms with van der Waals surface area (Å²) in [6, 6.07) is 11.1. The topological polar surface area (TPSA) is 80.9 Å². The third kappa shape index (κ3) is 3.81. The number of amides is 1. The van der Waals surface area contributed by atoms with Crippen LogP contribution in [0.25, 0.3) is 21.5 Å². The highest BCUT2D eigenvalue weighted by Gasteiger charge is 2.30. The van der Waals surface area contributed by atoms with Crippen LogP contribution in [0.15, 0.2) is 54.7 Å². The number of carbonyl (C=O) groups is 1. The summed E-state index contributed by atoms with van der Waals surface area (Å²) >= 11 is 1.04. The van der Waals surface area contributed by atoms with E-state index in [1.54, 1.807) is 24.3 Å². The Morgan fingerprint density at radius 3 is 2.40 bits per heavy atom. The molecule has 3 N–H and O–H groups in total. The number of hydrogen-bond donors (Lipinski definition) is 2. The molecule has 10 heteroatoms. The van der Waals surface area contributed by atoms with Crippen molar-refractivity contribution in [2.75, 3.05) is 11.1 Å². The number of rotatable bonds is 3. The molecule has 3 aromatic heterocycles. The van der Waals surface area contributed by atoms with Crippen LogP contribution in [0.1, 0.15) is 15.2 Å². The molecule has 1 aromatic carbocycles. The lowest BCUT2D eigenvalue weighted by molar-refractivity contribution is -0.137. The minimum Gasteiger partial charge on any atom is -0.397 e. The fourth-order valence-electron chi connectivity index (χ4n) is 2.76. The van der Waals surface area contributed by atoms with Crippen LogP contribution in [0.3, 0.4) is 0 Å². The second-order valence-corrected chi connectivity index (χ2v) is 7.28. The first-order valence-electron chi connectivity index (χ1n) is 8.52. The molecule has 5 nitrogen and oxygen atoms in total. The molecule has 3 heterocycles. The van der Waals surface area contributed by atoms with E-state index in [0.717, 1.165) is 23.5 Å². The first-order valence-corrected chi connectivity index (χ1v) is 9.33. The van der Waals surface area contributed by atoms with Crippen molar-refractivity contribution in [3.8, 4) is 11.3 Å². The summed E-state index contributed by atoms with van der Waals surface area (Å²) in [6.45, 7) is 0. The van der Waals surface area contributed by atoms with E-state index >= 15 is 0 Å². The predicted molar refractivity (Wildman–Crippen MR) is 107 cm³/mol. The molecule has 0 aliphatic rings. The van der Waals surface area contributed by atoms with Gasteiger partial charge in [-0.15, -0.1) is 11.3 Å². The summed E-state index contributed by atoms with van der Waals surface area (Å²) in [7, 11) is 0. The number of benzene rings is 1. The zero-order valence-corrected chi connectivity index (χ0v) is 15.8. The lowest BCUT2D eigenvalue weighted by Gasteiger charge is -2.07. The van der Waals surface area contributed by atoms with E-state index in [1.165, 1.54) is 12.1 Å². The fourth-order valence-corrected chi connectivity index (χ4v) is 3.74. The van der Waals surface area contributed by atoms with Crippen molar-refractivity contribution < 1.29 is 22.4 Å². The number of alkyl halides is 3. The van der Waals surface area contributed by atoms with E-state index < -0.39 is 17.6 Å². The molecule has 0 aliphatic carbocycles. The molecule has 0 saturated heterocycles. The summed E-state index contributed by atoms with van der Waals surface area (Å²) in [4.78, 5) is 21.3. The molecular formula is C20H12F4N4OS. The van der Waals surface area contributed by atoms with E-state index in [9.17, 15) is 22.4 Å². The zero-order chi connectivity index (χ0) is 21.5. The van der Waals surface area contributed by atoms with Gasteiger partial charge >= 0.3 is 6.18 Å². The van der Waals surface area contributed by atoms with Gasteiger partial charge in [-0.1, -0.05) is 0 Å². The van der Waals surface area contributed by atoms with Gasteiger partial charge in [0.15, 0.2) is 0 Å². The number of nitrogen functional groups attached to an aromatic ring is 1. The SMILES string of the molecule is Nc1c(C(=O)Nc2ccc(C(F)(F)F)cn2)sc2nc(-c3ccc(F)cc3)ccc12. The van der Waals surface area contributed by atoms with Gasteiger partial charge in [0.25, 0.3) is 5.91 Å². The van der Waals surface area contributed by atoms with Crippen molar-refractivity contribution in [3.63, 3.8) is 0 Å². The Morgan fingerprint density at radius 2 is 1.77 bits per heavy atom. The molecule has 30 heavy (non-hydrogen) atoms. The molecule has 0 spiro atoms. The van der Waals surface area contributed by atoms with Crippen LogP contribution < -0.4 is 11.1 Å². The van der Waals surface area contributed by atoms with Crippen LogP contribution in [-0.2, 0) is 6.18 Å². The molecule has 4 rings (SSSR count). The van der Waals surface area contributed by atoms with Crippen molar-refractivity contribution in [1.82, 2.24) is 9.97 Å². The van der Waals surface area contributed by atoms with Crippen LogP contribution in [0.5, 0.6) is 0 Å². The summed E-state index contributed by atoms with van der Waals surface area (Å²) < 4.78 is 51.0. The van der Waals surface area contributed by atoms with Crippen LogP contribution in [0, 0.1) is 5.82 Å². The van der Waals surface area contributed by atoms with Crippen LogP contribution in [0.2, 0.25) is 0 Å². The van der Waals surface area contributed by atoms with Crippen molar-refractivity contribution in [3.05, 3.63) is 71.0 Å². The predicted octanol–water partition coefficient (Wildman–Crippen LogP) is 5.35. The minimum absolute atomic E-state index is 0.0372. The van der Waals surface area contributed by atoms with Gasteiger partial charge in [0.05, 0.1) is 16.9 Å².